The number of carbonyl (C=O) groups is 1. The third-order valence-electron chi connectivity index (χ3n) is 5.45. The average Bonchev–Trinajstić information content (AvgIpc) is 3.16. The van der Waals surface area contributed by atoms with Gasteiger partial charge in [-0.05, 0) is 30.7 Å². The van der Waals surface area contributed by atoms with E-state index in [9.17, 15) is 4.79 Å². The molecule has 2 aromatic heterocycles. The van der Waals surface area contributed by atoms with E-state index in [1.807, 2.05) is 40.6 Å². The molecule has 1 N–H and O–H groups in total. The van der Waals surface area contributed by atoms with Gasteiger partial charge in [-0.2, -0.15) is 11.8 Å². The first-order valence-corrected chi connectivity index (χ1v) is 11.5. The number of benzene rings is 1. The van der Waals surface area contributed by atoms with Crippen molar-refractivity contribution in [3.63, 3.8) is 0 Å². The van der Waals surface area contributed by atoms with Crippen LogP contribution in [0.3, 0.4) is 0 Å². The molecule has 152 valence electrons. The highest BCUT2D eigenvalue weighted by molar-refractivity contribution is 7.98. The predicted molar refractivity (Wildman–Crippen MR) is 118 cm³/mol. The predicted octanol–water partition coefficient (Wildman–Crippen LogP) is 3.04. The number of hydrogen-bond donors (Lipinski definition) is 1. The third-order valence-corrected chi connectivity index (χ3v) is 6.04. The third kappa shape index (κ3) is 4.97. The van der Waals surface area contributed by atoms with E-state index >= 15 is 0 Å². The van der Waals surface area contributed by atoms with Gasteiger partial charge < -0.3 is 14.8 Å². The van der Waals surface area contributed by atoms with Gasteiger partial charge in [-0.3, -0.25) is 4.79 Å². The molecule has 1 aliphatic heterocycles. The molecule has 0 spiro atoms. The van der Waals surface area contributed by atoms with Gasteiger partial charge >= 0.3 is 0 Å². The first kappa shape index (κ1) is 19.9. The van der Waals surface area contributed by atoms with Crippen molar-refractivity contribution in [1.82, 2.24) is 24.8 Å². The van der Waals surface area contributed by atoms with E-state index in [1.54, 1.807) is 12.5 Å². The fourth-order valence-corrected chi connectivity index (χ4v) is 4.20. The van der Waals surface area contributed by atoms with Crippen molar-refractivity contribution in [3.05, 3.63) is 60.0 Å². The minimum absolute atomic E-state index is 0.0560. The summed E-state index contributed by atoms with van der Waals surface area (Å²) in [6.07, 6.45) is 7.59. The Morgan fingerprint density at radius 3 is 2.76 bits per heavy atom. The summed E-state index contributed by atoms with van der Waals surface area (Å²) in [6.45, 7) is 3.94. The second kappa shape index (κ2) is 9.41. The summed E-state index contributed by atoms with van der Waals surface area (Å²) >= 11 is 1.88. The number of piperidine rings is 1. The summed E-state index contributed by atoms with van der Waals surface area (Å²) in [6, 6.07) is 12.3. The van der Waals surface area contributed by atoms with E-state index in [1.165, 1.54) is 11.3 Å². The molecule has 1 amide bonds. The quantitative estimate of drug-likeness (QED) is 0.650. The van der Waals surface area contributed by atoms with E-state index in [-0.39, 0.29) is 11.9 Å². The van der Waals surface area contributed by atoms with Crippen LogP contribution in [-0.4, -0.2) is 63.0 Å². The number of pyridine rings is 1. The highest BCUT2D eigenvalue weighted by Gasteiger charge is 2.21. The second-order valence-corrected chi connectivity index (χ2v) is 8.49. The minimum Gasteiger partial charge on any atom is -0.349 e. The SMILES string of the molecule is CSCCN1CCC(NC(=O)c2cnc3c(c2)ncn3Cc2ccccc2)CC1. The maximum Gasteiger partial charge on any atom is 0.253 e. The Morgan fingerprint density at radius 1 is 1.21 bits per heavy atom. The Balaban J connectivity index is 1.38. The lowest BCUT2D eigenvalue weighted by Crippen LogP contribution is -2.45. The molecule has 4 rings (SSSR count). The van der Waals surface area contributed by atoms with E-state index in [0.717, 1.165) is 43.6 Å². The van der Waals surface area contributed by atoms with Crippen LogP contribution < -0.4 is 5.32 Å². The number of nitrogens with one attached hydrogen (secondary N) is 1. The Hall–Kier alpha value is -2.38. The molecule has 1 fully saturated rings. The van der Waals surface area contributed by atoms with Gasteiger partial charge in [-0.25, -0.2) is 9.97 Å². The number of hydrogen-bond acceptors (Lipinski definition) is 5. The highest BCUT2D eigenvalue weighted by Crippen LogP contribution is 2.16. The van der Waals surface area contributed by atoms with E-state index in [0.29, 0.717) is 12.1 Å². The molecule has 1 aromatic carbocycles. The summed E-state index contributed by atoms with van der Waals surface area (Å²) in [5, 5.41) is 3.18. The normalized spacial score (nSPS) is 15.6. The molecule has 29 heavy (non-hydrogen) atoms. The van der Waals surface area contributed by atoms with Crippen molar-refractivity contribution in [2.24, 2.45) is 0 Å². The smallest absolute Gasteiger partial charge is 0.253 e. The maximum atomic E-state index is 12.7. The van der Waals surface area contributed by atoms with Gasteiger partial charge in [-0.15, -0.1) is 0 Å². The van der Waals surface area contributed by atoms with Crippen molar-refractivity contribution >= 4 is 28.8 Å². The van der Waals surface area contributed by atoms with Crippen molar-refractivity contribution in [1.29, 1.82) is 0 Å². The molecule has 0 aliphatic carbocycles. The number of fused-ring (bicyclic) bond motifs is 1. The number of imidazole rings is 1. The van der Waals surface area contributed by atoms with Crippen LogP contribution in [-0.2, 0) is 6.54 Å². The topological polar surface area (TPSA) is 63.1 Å². The Bertz CT molecular complexity index is 950. The summed E-state index contributed by atoms with van der Waals surface area (Å²) in [5.74, 6) is 1.11. The zero-order chi connectivity index (χ0) is 20.1. The summed E-state index contributed by atoms with van der Waals surface area (Å²) in [4.78, 5) is 24.2. The van der Waals surface area contributed by atoms with Gasteiger partial charge in [0.15, 0.2) is 5.65 Å². The van der Waals surface area contributed by atoms with E-state index in [4.69, 9.17) is 0 Å². The molecule has 3 aromatic rings. The van der Waals surface area contributed by atoms with Crippen LogP contribution in [0.4, 0.5) is 0 Å². The maximum absolute atomic E-state index is 12.7. The van der Waals surface area contributed by atoms with Crippen molar-refractivity contribution < 1.29 is 4.79 Å². The van der Waals surface area contributed by atoms with Crippen LogP contribution in [0.5, 0.6) is 0 Å². The monoisotopic (exact) mass is 409 g/mol. The second-order valence-electron chi connectivity index (χ2n) is 7.51. The zero-order valence-corrected chi connectivity index (χ0v) is 17.6. The van der Waals surface area contributed by atoms with Crippen molar-refractivity contribution in [2.75, 3.05) is 31.6 Å². The fraction of sp³-hybridized carbons (Fsp3) is 0.409. The van der Waals surface area contributed by atoms with Crippen LogP contribution in [0.25, 0.3) is 11.2 Å². The van der Waals surface area contributed by atoms with Crippen LogP contribution in [0.1, 0.15) is 28.8 Å². The first-order chi connectivity index (χ1) is 14.2. The number of aromatic nitrogens is 3. The lowest BCUT2D eigenvalue weighted by atomic mass is 10.0. The molecule has 0 radical (unpaired) electrons. The summed E-state index contributed by atoms with van der Waals surface area (Å²) in [5.41, 5.74) is 3.32. The van der Waals surface area contributed by atoms with Gasteiger partial charge in [0.2, 0.25) is 0 Å². The van der Waals surface area contributed by atoms with Crippen LogP contribution in [0.15, 0.2) is 48.9 Å². The minimum atomic E-state index is -0.0560. The molecule has 0 saturated carbocycles. The van der Waals surface area contributed by atoms with Crippen LogP contribution in [0.2, 0.25) is 0 Å². The molecular weight excluding hydrogens is 382 g/mol. The van der Waals surface area contributed by atoms with Gasteiger partial charge in [0.25, 0.3) is 5.91 Å². The number of carbonyl (C=O) groups excluding carboxylic acids is 1. The standard InChI is InChI=1S/C22H27N5OS/c1-29-12-11-26-9-7-19(8-10-26)25-22(28)18-13-20-21(23-14-18)27(16-24-20)15-17-5-3-2-4-6-17/h2-6,13-14,16,19H,7-12,15H2,1H3,(H,25,28). The molecule has 0 atom stereocenters. The molecule has 7 heteroatoms. The highest BCUT2D eigenvalue weighted by atomic mass is 32.2. The number of likely N-dealkylation sites (tertiary alicyclic amines) is 1. The van der Waals surface area contributed by atoms with Crippen LogP contribution >= 0.6 is 11.8 Å². The molecule has 1 saturated heterocycles. The average molecular weight is 410 g/mol. The Kier molecular flexibility index (Phi) is 6.46. The molecular formula is C22H27N5OS. The number of rotatable bonds is 7. The zero-order valence-electron chi connectivity index (χ0n) is 16.8. The van der Waals surface area contributed by atoms with Crippen LogP contribution in [0, 0.1) is 0 Å². The van der Waals surface area contributed by atoms with E-state index in [2.05, 4.69) is 38.6 Å². The largest absolute Gasteiger partial charge is 0.349 e. The van der Waals surface area contributed by atoms with Gasteiger partial charge in [0, 0.05) is 37.6 Å². The molecule has 6 nitrogen and oxygen atoms in total. The van der Waals surface area contributed by atoms with Crippen molar-refractivity contribution in [2.45, 2.75) is 25.4 Å². The summed E-state index contributed by atoms with van der Waals surface area (Å²) in [7, 11) is 0. The molecule has 0 unspecified atom stereocenters. The number of amides is 1. The number of thioether (sulfide) groups is 1. The number of nitrogens with zero attached hydrogens (tertiary/aromatic N) is 4. The molecule has 0 bridgehead atoms. The van der Waals surface area contributed by atoms with Crippen molar-refractivity contribution in [3.8, 4) is 0 Å². The lowest BCUT2D eigenvalue weighted by Gasteiger charge is -2.32. The van der Waals surface area contributed by atoms with Gasteiger partial charge in [0.1, 0.15) is 5.52 Å². The summed E-state index contributed by atoms with van der Waals surface area (Å²) < 4.78 is 2.01. The fourth-order valence-electron chi connectivity index (χ4n) is 3.76. The van der Waals surface area contributed by atoms with Gasteiger partial charge in [-0.1, -0.05) is 30.3 Å². The van der Waals surface area contributed by atoms with E-state index < -0.39 is 0 Å². The molecule has 3 heterocycles. The Morgan fingerprint density at radius 2 is 2.00 bits per heavy atom. The lowest BCUT2D eigenvalue weighted by molar-refractivity contribution is 0.0912. The Labute approximate surface area is 175 Å². The molecule has 1 aliphatic rings. The van der Waals surface area contributed by atoms with Gasteiger partial charge in [0.05, 0.1) is 18.4 Å². The first-order valence-electron chi connectivity index (χ1n) is 10.1.